The van der Waals surface area contributed by atoms with Gasteiger partial charge in [-0.2, -0.15) is 0 Å². The van der Waals surface area contributed by atoms with Crippen molar-refractivity contribution in [2.24, 2.45) is 0 Å². The Kier molecular flexibility index (Phi) is 5.70. The molecule has 146 valence electrons. The minimum Gasteiger partial charge on any atom is -0.507 e. The zero-order chi connectivity index (χ0) is 21.3. The van der Waals surface area contributed by atoms with Crippen molar-refractivity contribution in [3.05, 3.63) is 57.6 Å². The van der Waals surface area contributed by atoms with Crippen LogP contribution in [0.1, 0.15) is 84.5 Å². The van der Waals surface area contributed by atoms with Gasteiger partial charge in [0.1, 0.15) is 11.5 Å². The number of hydrogen-bond donors (Lipinski definition) is 2. The summed E-state index contributed by atoms with van der Waals surface area (Å²) in [5.41, 5.74) is 2.10. The van der Waals surface area contributed by atoms with Crippen molar-refractivity contribution >= 4 is 12.6 Å². The van der Waals surface area contributed by atoms with Gasteiger partial charge in [-0.25, -0.2) is 0 Å². The lowest BCUT2D eigenvalue weighted by Gasteiger charge is -2.22. The summed E-state index contributed by atoms with van der Waals surface area (Å²) < 4.78 is 0. The predicted octanol–water partition coefficient (Wildman–Crippen LogP) is 4.72. The summed E-state index contributed by atoms with van der Waals surface area (Å²) in [7, 11) is 0. The lowest BCUT2D eigenvalue weighted by molar-refractivity contribution is 0.111. The Morgan fingerprint density at radius 2 is 1.00 bits per heavy atom. The van der Waals surface area contributed by atoms with Crippen LogP contribution in [0.15, 0.2) is 24.3 Å². The molecule has 0 aromatic heterocycles. The molecule has 0 bridgehead atoms. The van der Waals surface area contributed by atoms with Crippen molar-refractivity contribution < 1.29 is 19.8 Å². The van der Waals surface area contributed by atoms with Crippen LogP contribution in [0.25, 0.3) is 0 Å². The van der Waals surface area contributed by atoms with E-state index in [1.54, 1.807) is 12.1 Å². The molecule has 0 aliphatic carbocycles. The Morgan fingerprint density at radius 1 is 0.679 bits per heavy atom. The van der Waals surface area contributed by atoms with E-state index in [0.29, 0.717) is 34.8 Å². The molecule has 0 saturated carbocycles. The van der Waals surface area contributed by atoms with E-state index < -0.39 is 0 Å². The molecule has 0 radical (unpaired) electrons. The fourth-order valence-electron chi connectivity index (χ4n) is 2.93. The summed E-state index contributed by atoms with van der Waals surface area (Å²) >= 11 is 0. The van der Waals surface area contributed by atoms with Crippen LogP contribution in [0.2, 0.25) is 0 Å². The lowest BCUT2D eigenvalue weighted by atomic mass is 9.83. The summed E-state index contributed by atoms with van der Waals surface area (Å²) in [6.45, 7) is 11.7. The van der Waals surface area contributed by atoms with Crippen molar-refractivity contribution in [3.63, 3.8) is 0 Å². The van der Waals surface area contributed by atoms with Crippen LogP contribution < -0.4 is 0 Å². The van der Waals surface area contributed by atoms with Gasteiger partial charge in [0.05, 0.1) is 11.1 Å². The van der Waals surface area contributed by atoms with Gasteiger partial charge in [-0.15, -0.1) is 0 Å². The number of rotatable bonds is 2. The SMILES string of the molecule is CC(C)(C)c1cc(C#Cc2cc(C=O)c(O)c(C(C)(C)C)c2)cc(C=O)c1O. The van der Waals surface area contributed by atoms with Crippen molar-refractivity contribution in [1.82, 2.24) is 0 Å². The molecule has 0 heterocycles. The fraction of sp³-hybridized carbons (Fsp3) is 0.333. The number of phenolic OH excluding ortho intramolecular Hbond substituents is 2. The Balaban J connectivity index is 2.63. The van der Waals surface area contributed by atoms with Crippen molar-refractivity contribution in [1.29, 1.82) is 0 Å². The van der Waals surface area contributed by atoms with E-state index in [2.05, 4.69) is 11.8 Å². The average molecular weight is 378 g/mol. The van der Waals surface area contributed by atoms with E-state index in [0.717, 1.165) is 0 Å². The molecule has 4 nitrogen and oxygen atoms in total. The first kappa shape index (κ1) is 21.2. The van der Waals surface area contributed by atoms with E-state index >= 15 is 0 Å². The minimum absolute atomic E-state index is 0.0315. The third-order valence-electron chi connectivity index (χ3n) is 4.50. The Morgan fingerprint density at radius 3 is 1.25 bits per heavy atom. The first-order chi connectivity index (χ1) is 12.9. The van der Waals surface area contributed by atoms with E-state index in [9.17, 15) is 19.8 Å². The standard InChI is InChI=1S/C24H26O4/c1-23(2,3)19-11-15(9-17(13-25)21(19)27)7-8-16-10-18(14-26)22(28)20(12-16)24(4,5)6/h9-14,27-28H,1-6H3. The predicted molar refractivity (Wildman–Crippen MR) is 110 cm³/mol. The molecule has 0 saturated heterocycles. The largest absolute Gasteiger partial charge is 0.507 e. The zero-order valence-corrected chi connectivity index (χ0v) is 17.2. The molecule has 0 aliphatic heterocycles. The van der Waals surface area contributed by atoms with Crippen LogP contribution in [-0.4, -0.2) is 22.8 Å². The highest BCUT2D eigenvalue weighted by atomic mass is 16.3. The highest BCUT2D eigenvalue weighted by Crippen LogP contribution is 2.35. The smallest absolute Gasteiger partial charge is 0.153 e. The molecule has 2 aromatic rings. The molecular formula is C24H26O4. The highest BCUT2D eigenvalue weighted by molar-refractivity contribution is 5.82. The summed E-state index contributed by atoms with van der Waals surface area (Å²) in [5.74, 6) is 5.95. The topological polar surface area (TPSA) is 74.6 Å². The number of aldehydes is 2. The van der Waals surface area contributed by atoms with E-state index in [1.165, 1.54) is 12.1 Å². The molecule has 2 aromatic carbocycles. The summed E-state index contributed by atoms with van der Waals surface area (Å²) in [6, 6.07) is 6.61. The molecule has 28 heavy (non-hydrogen) atoms. The van der Waals surface area contributed by atoms with Crippen LogP contribution in [0, 0.1) is 11.8 Å². The summed E-state index contributed by atoms with van der Waals surface area (Å²) in [4.78, 5) is 22.7. The van der Waals surface area contributed by atoms with Crippen molar-refractivity contribution in [2.75, 3.05) is 0 Å². The maximum absolute atomic E-state index is 11.3. The molecule has 0 aliphatic rings. The number of hydrogen-bond acceptors (Lipinski definition) is 4. The Bertz CT molecular complexity index is 911. The third kappa shape index (κ3) is 4.43. The average Bonchev–Trinajstić information content (AvgIpc) is 2.59. The second kappa shape index (κ2) is 7.52. The quantitative estimate of drug-likeness (QED) is 0.586. The number of phenols is 2. The first-order valence-corrected chi connectivity index (χ1v) is 9.06. The van der Waals surface area contributed by atoms with Gasteiger partial charge in [0, 0.05) is 22.3 Å². The van der Waals surface area contributed by atoms with Gasteiger partial charge >= 0.3 is 0 Å². The van der Waals surface area contributed by atoms with Crippen molar-refractivity contribution in [3.8, 4) is 23.3 Å². The maximum atomic E-state index is 11.3. The molecular weight excluding hydrogens is 352 g/mol. The van der Waals surface area contributed by atoms with Gasteiger partial charge < -0.3 is 10.2 Å². The van der Waals surface area contributed by atoms with Crippen LogP contribution in [-0.2, 0) is 10.8 Å². The number of aromatic hydroxyl groups is 2. The third-order valence-corrected chi connectivity index (χ3v) is 4.50. The Hall–Kier alpha value is -3.06. The highest BCUT2D eigenvalue weighted by Gasteiger charge is 2.22. The number of carbonyl (C=O) groups excluding carboxylic acids is 2. The monoisotopic (exact) mass is 378 g/mol. The maximum Gasteiger partial charge on any atom is 0.153 e. The minimum atomic E-state index is -0.359. The zero-order valence-electron chi connectivity index (χ0n) is 17.2. The Labute approximate surface area is 166 Å². The van der Waals surface area contributed by atoms with Crippen LogP contribution in [0.5, 0.6) is 11.5 Å². The van der Waals surface area contributed by atoms with Gasteiger partial charge in [-0.1, -0.05) is 53.4 Å². The molecule has 2 N–H and O–H groups in total. The van der Waals surface area contributed by atoms with E-state index in [4.69, 9.17) is 0 Å². The van der Waals surface area contributed by atoms with Crippen LogP contribution in [0.3, 0.4) is 0 Å². The second-order valence-corrected chi connectivity index (χ2v) is 8.91. The fourth-order valence-corrected chi connectivity index (χ4v) is 2.93. The lowest BCUT2D eigenvalue weighted by Crippen LogP contribution is -2.13. The normalized spacial score (nSPS) is 11.5. The van der Waals surface area contributed by atoms with E-state index in [1.807, 2.05) is 41.5 Å². The van der Waals surface area contributed by atoms with Gasteiger partial charge in [0.25, 0.3) is 0 Å². The molecule has 4 heteroatoms. The van der Waals surface area contributed by atoms with E-state index in [-0.39, 0.29) is 33.5 Å². The molecule has 0 atom stereocenters. The summed E-state index contributed by atoms with van der Waals surface area (Å²) in [5, 5.41) is 20.6. The molecule has 0 spiro atoms. The van der Waals surface area contributed by atoms with Gasteiger partial charge in [-0.3, -0.25) is 9.59 Å². The van der Waals surface area contributed by atoms with Crippen LogP contribution in [0.4, 0.5) is 0 Å². The van der Waals surface area contributed by atoms with Crippen molar-refractivity contribution in [2.45, 2.75) is 52.4 Å². The molecule has 0 amide bonds. The molecule has 0 unspecified atom stereocenters. The van der Waals surface area contributed by atoms with Gasteiger partial charge in [0.2, 0.25) is 0 Å². The molecule has 2 rings (SSSR count). The second-order valence-electron chi connectivity index (χ2n) is 8.91. The summed E-state index contributed by atoms with van der Waals surface area (Å²) in [6.07, 6.45) is 1.22. The van der Waals surface area contributed by atoms with Gasteiger partial charge in [0.15, 0.2) is 12.6 Å². The van der Waals surface area contributed by atoms with Crippen LogP contribution >= 0.6 is 0 Å². The van der Waals surface area contributed by atoms with Gasteiger partial charge in [-0.05, 0) is 35.1 Å². The molecule has 0 fully saturated rings. The number of benzene rings is 2. The number of carbonyl (C=O) groups is 2. The first-order valence-electron chi connectivity index (χ1n) is 9.06.